The van der Waals surface area contributed by atoms with E-state index in [1.807, 2.05) is 0 Å². The predicted octanol–water partition coefficient (Wildman–Crippen LogP) is 1.64. The molecule has 6 heteroatoms. The second-order valence-corrected chi connectivity index (χ2v) is 5.39. The summed E-state index contributed by atoms with van der Waals surface area (Å²) < 4.78 is 0. The second-order valence-electron chi connectivity index (χ2n) is 4.09. The van der Waals surface area contributed by atoms with Gasteiger partial charge in [0.1, 0.15) is 6.61 Å². The van der Waals surface area contributed by atoms with Crippen LogP contribution in [0.5, 0.6) is 0 Å². The third-order valence-corrected chi connectivity index (χ3v) is 3.46. The molecule has 1 aromatic rings. The van der Waals surface area contributed by atoms with Crippen LogP contribution in [0.1, 0.15) is 16.9 Å². The van der Waals surface area contributed by atoms with E-state index in [0.717, 1.165) is 26.1 Å². The molecule has 18 heavy (non-hydrogen) atoms. The molecule has 0 radical (unpaired) electrons. The average Bonchev–Trinajstić information content (AvgIpc) is 2.81. The van der Waals surface area contributed by atoms with Gasteiger partial charge in [-0.25, -0.2) is 9.78 Å². The zero-order valence-electron chi connectivity index (χ0n) is 9.92. The lowest BCUT2D eigenvalue weighted by Crippen LogP contribution is -2.25. The predicted molar refractivity (Wildman–Crippen MR) is 69.4 cm³/mol. The Morgan fingerprint density at radius 1 is 1.56 bits per heavy atom. The molecule has 0 aliphatic carbocycles. The first-order valence-corrected chi connectivity index (χ1v) is 6.78. The van der Waals surface area contributed by atoms with E-state index in [4.69, 9.17) is 4.89 Å². The van der Waals surface area contributed by atoms with Crippen LogP contribution in [0.3, 0.4) is 0 Å². The average molecular weight is 315 g/mol. The van der Waals surface area contributed by atoms with Gasteiger partial charge in [-0.15, -0.1) is 0 Å². The normalized spacial score (nSPS) is 19.9. The van der Waals surface area contributed by atoms with Gasteiger partial charge in [0.2, 0.25) is 0 Å². The summed E-state index contributed by atoms with van der Waals surface area (Å²) in [6.07, 6.45) is 2.69. The van der Waals surface area contributed by atoms with Gasteiger partial charge < -0.3 is 0 Å². The molecule has 5 nitrogen and oxygen atoms in total. The number of aromatic nitrogens is 1. The van der Waals surface area contributed by atoms with Crippen LogP contribution in [-0.4, -0.2) is 46.9 Å². The number of hydrogen-bond acceptors (Lipinski definition) is 5. The first-order valence-electron chi connectivity index (χ1n) is 5.87. The molecule has 1 fully saturated rings. The van der Waals surface area contributed by atoms with E-state index in [9.17, 15) is 4.79 Å². The summed E-state index contributed by atoms with van der Waals surface area (Å²) in [5, 5.41) is 0. The molecule has 1 aliphatic heterocycles. The first-order chi connectivity index (χ1) is 8.75. The van der Waals surface area contributed by atoms with Gasteiger partial charge in [-0.1, -0.05) is 22.0 Å². The minimum Gasteiger partial charge on any atom is -0.300 e. The van der Waals surface area contributed by atoms with Crippen LogP contribution in [0.15, 0.2) is 24.4 Å². The van der Waals surface area contributed by atoms with Crippen molar-refractivity contribution in [1.29, 1.82) is 0 Å². The Labute approximate surface area is 114 Å². The molecular formula is C12H15BrN2O3. The number of likely N-dealkylation sites (tertiary alicyclic amines) is 1. The molecule has 1 aliphatic rings. The van der Waals surface area contributed by atoms with Crippen LogP contribution in [0.4, 0.5) is 0 Å². The molecule has 0 bridgehead atoms. The minimum atomic E-state index is -0.560. The van der Waals surface area contributed by atoms with Crippen LogP contribution in [0, 0.1) is 0 Å². The Bertz CT molecular complexity index is 388. The monoisotopic (exact) mass is 314 g/mol. The molecule has 1 aromatic heterocycles. The molecule has 1 saturated heterocycles. The number of pyridine rings is 1. The summed E-state index contributed by atoms with van der Waals surface area (Å²) >= 11 is 3.57. The second kappa shape index (κ2) is 6.82. The third-order valence-electron chi connectivity index (χ3n) is 2.71. The standard InChI is InChI=1S/C12H15BrN2O3/c13-10-4-6-15(9-10)7-8-17-18-12(16)11-3-1-2-5-14-11/h1-3,5,10H,4,6-9H2. The summed E-state index contributed by atoms with van der Waals surface area (Å²) in [4.78, 5) is 27.7. The van der Waals surface area contributed by atoms with Crippen molar-refractivity contribution in [2.45, 2.75) is 11.2 Å². The maximum atomic E-state index is 11.5. The highest BCUT2D eigenvalue weighted by atomic mass is 79.9. The number of halogens is 1. The summed E-state index contributed by atoms with van der Waals surface area (Å²) in [5.74, 6) is -0.560. The maximum Gasteiger partial charge on any atom is 0.391 e. The molecule has 0 saturated carbocycles. The van der Waals surface area contributed by atoms with Crippen molar-refractivity contribution in [2.24, 2.45) is 0 Å². The zero-order valence-corrected chi connectivity index (χ0v) is 11.5. The number of carbonyl (C=O) groups excluding carboxylic acids is 1. The van der Waals surface area contributed by atoms with Gasteiger partial charge in [0.25, 0.3) is 0 Å². The Morgan fingerprint density at radius 2 is 2.44 bits per heavy atom. The smallest absolute Gasteiger partial charge is 0.300 e. The van der Waals surface area contributed by atoms with Crippen molar-refractivity contribution in [3.8, 4) is 0 Å². The van der Waals surface area contributed by atoms with Gasteiger partial charge in [-0.3, -0.25) is 9.79 Å². The van der Waals surface area contributed by atoms with Gasteiger partial charge in [-0.2, -0.15) is 4.89 Å². The lowest BCUT2D eigenvalue weighted by molar-refractivity contribution is -0.242. The number of hydrogen-bond donors (Lipinski definition) is 0. The molecule has 0 aromatic carbocycles. The first kappa shape index (κ1) is 13.5. The van der Waals surface area contributed by atoms with E-state index in [1.165, 1.54) is 6.20 Å². The highest BCUT2D eigenvalue weighted by Gasteiger charge is 2.19. The van der Waals surface area contributed by atoms with Crippen LogP contribution in [-0.2, 0) is 9.78 Å². The fourth-order valence-electron chi connectivity index (χ4n) is 1.78. The van der Waals surface area contributed by atoms with Crippen molar-refractivity contribution >= 4 is 21.9 Å². The number of nitrogens with zero attached hydrogens (tertiary/aromatic N) is 2. The Morgan fingerprint density at radius 3 is 3.11 bits per heavy atom. The minimum absolute atomic E-state index is 0.249. The number of alkyl halides is 1. The molecule has 2 rings (SSSR count). The van der Waals surface area contributed by atoms with Crippen LogP contribution in [0.2, 0.25) is 0 Å². The Kier molecular flexibility index (Phi) is 5.10. The van der Waals surface area contributed by atoms with Crippen molar-refractivity contribution in [3.63, 3.8) is 0 Å². The molecular weight excluding hydrogens is 300 g/mol. The quantitative estimate of drug-likeness (QED) is 0.358. The largest absolute Gasteiger partial charge is 0.391 e. The summed E-state index contributed by atoms with van der Waals surface area (Å²) in [7, 11) is 0. The third kappa shape index (κ3) is 4.04. The molecule has 1 atom stereocenters. The lowest BCUT2D eigenvalue weighted by Gasteiger charge is -2.13. The molecule has 1 unspecified atom stereocenters. The SMILES string of the molecule is O=C(OOCCN1CCC(Br)C1)c1ccccn1. The molecule has 0 N–H and O–H groups in total. The van der Waals surface area contributed by atoms with Crippen molar-refractivity contribution in [1.82, 2.24) is 9.88 Å². The highest BCUT2D eigenvalue weighted by Crippen LogP contribution is 2.15. The molecule has 0 spiro atoms. The van der Waals surface area contributed by atoms with Crippen LogP contribution in [0.25, 0.3) is 0 Å². The van der Waals surface area contributed by atoms with Gasteiger partial charge in [-0.05, 0) is 25.1 Å². The van der Waals surface area contributed by atoms with Crippen LogP contribution < -0.4 is 0 Å². The van der Waals surface area contributed by atoms with Gasteiger partial charge in [0, 0.05) is 24.1 Å². The van der Waals surface area contributed by atoms with Gasteiger partial charge in [0.05, 0.1) is 0 Å². The fourth-order valence-corrected chi connectivity index (χ4v) is 2.39. The number of carbonyl (C=O) groups is 1. The lowest BCUT2D eigenvalue weighted by atomic mass is 10.4. The van der Waals surface area contributed by atoms with E-state index >= 15 is 0 Å². The van der Waals surface area contributed by atoms with Crippen molar-refractivity contribution in [3.05, 3.63) is 30.1 Å². The summed E-state index contributed by atoms with van der Waals surface area (Å²) in [6, 6.07) is 5.05. The van der Waals surface area contributed by atoms with Gasteiger partial charge in [0.15, 0.2) is 5.69 Å². The highest BCUT2D eigenvalue weighted by molar-refractivity contribution is 9.09. The molecule has 98 valence electrons. The molecule has 0 amide bonds. The van der Waals surface area contributed by atoms with E-state index in [0.29, 0.717) is 11.4 Å². The summed E-state index contributed by atoms with van der Waals surface area (Å²) in [5.41, 5.74) is 0.249. The Balaban J connectivity index is 1.62. The van der Waals surface area contributed by atoms with E-state index in [2.05, 4.69) is 30.7 Å². The van der Waals surface area contributed by atoms with Crippen LogP contribution >= 0.6 is 15.9 Å². The maximum absolute atomic E-state index is 11.5. The topological polar surface area (TPSA) is 51.7 Å². The van der Waals surface area contributed by atoms with Gasteiger partial charge >= 0.3 is 5.97 Å². The molecule has 2 heterocycles. The van der Waals surface area contributed by atoms with Crippen molar-refractivity contribution < 1.29 is 14.6 Å². The van der Waals surface area contributed by atoms with E-state index < -0.39 is 5.97 Å². The fraction of sp³-hybridized carbons (Fsp3) is 0.500. The van der Waals surface area contributed by atoms with E-state index in [-0.39, 0.29) is 5.69 Å². The Hall–Kier alpha value is -0.980. The summed E-state index contributed by atoms with van der Waals surface area (Å²) in [6.45, 7) is 3.20. The number of rotatable bonds is 5. The zero-order chi connectivity index (χ0) is 12.8. The van der Waals surface area contributed by atoms with Crippen molar-refractivity contribution in [2.75, 3.05) is 26.2 Å². The van der Waals surface area contributed by atoms with E-state index in [1.54, 1.807) is 18.2 Å².